The Balaban J connectivity index is 1.86. The van der Waals surface area contributed by atoms with Gasteiger partial charge in [-0.1, -0.05) is 35.0 Å². The van der Waals surface area contributed by atoms with Crippen LogP contribution in [-0.4, -0.2) is 21.0 Å². The number of benzene rings is 1. The summed E-state index contributed by atoms with van der Waals surface area (Å²) in [5.74, 6) is 1.40. The molecule has 0 bridgehead atoms. The number of rotatable bonds is 7. The summed E-state index contributed by atoms with van der Waals surface area (Å²) in [6.45, 7) is 4.94. The molecule has 0 spiro atoms. The third kappa shape index (κ3) is 5.02. The van der Waals surface area contributed by atoms with Gasteiger partial charge in [-0.25, -0.2) is 4.98 Å². The first-order chi connectivity index (χ1) is 12.6. The van der Waals surface area contributed by atoms with Crippen LogP contribution in [0.2, 0.25) is 0 Å². The molecule has 0 saturated heterocycles. The molecular weight excluding hydrogens is 390 g/mol. The molecule has 0 saturated carbocycles. The number of nitrogens with one attached hydrogen (secondary N) is 2. The molecule has 3 aromatic rings. The van der Waals surface area contributed by atoms with Gasteiger partial charge in [0.25, 0.3) is 0 Å². The van der Waals surface area contributed by atoms with Crippen LogP contribution in [0.15, 0.2) is 59.3 Å². The first-order valence-electron chi connectivity index (χ1n) is 8.68. The van der Waals surface area contributed by atoms with E-state index in [4.69, 9.17) is 0 Å². The smallest absolute Gasteiger partial charge is 0.225 e. The lowest BCUT2D eigenvalue weighted by Gasteiger charge is -2.14. The number of aromatic nitrogens is 3. The molecule has 6 heteroatoms. The number of anilines is 2. The molecule has 0 aliphatic heterocycles. The van der Waals surface area contributed by atoms with Crippen molar-refractivity contribution in [1.29, 1.82) is 0 Å². The Labute approximate surface area is 162 Å². The minimum absolute atomic E-state index is 0.303. The molecule has 0 unspecified atom stereocenters. The van der Waals surface area contributed by atoms with E-state index in [-0.39, 0.29) is 0 Å². The van der Waals surface area contributed by atoms with Gasteiger partial charge in [0.15, 0.2) is 0 Å². The number of halogens is 1. The second-order valence-corrected chi connectivity index (χ2v) is 7.06. The zero-order valence-corrected chi connectivity index (χ0v) is 16.5. The minimum atomic E-state index is 0.303. The van der Waals surface area contributed by atoms with E-state index in [0.29, 0.717) is 18.5 Å². The van der Waals surface area contributed by atoms with Crippen LogP contribution in [0.1, 0.15) is 25.8 Å². The fourth-order valence-corrected chi connectivity index (χ4v) is 2.87. The fraction of sp³-hybridized carbons (Fsp3) is 0.250. The molecule has 134 valence electrons. The average Bonchev–Trinajstić information content (AvgIpc) is 2.67. The molecule has 3 rings (SSSR count). The van der Waals surface area contributed by atoms with E-state index in [1.165, 1.54) is 5.56 Å². The maximum Gasteiger partial charge on any atom is 0.225 e. The van der Waals surface area contributed by atoms with Crippen LogP contribution >= 0.6 is 15.9 Å². The molecule has 1 aromatic carbocycles. The van der Waals surface area contributed by atoms with E-state index in [2.05, 4.69) is 67.5 Å². The van der Waals surface area contributed by atoms with Gasteiger partial charge in [-0.3, -0.25) is 4.98 Å². The summed E-state index contributed by atoms with van der Waals surface area (Å²) in [6, 6.07) is 14.4. The van der Waals surface area contributed by atoms with Crippen molar-refractivity contribution in [2.75, 3.05) is 10.6 Å². The highest BCUT2D eigenvalue weighted by Crippen LogP contribution is 2.22. The van der Waals surface area contributed by atoms with E-state index in [0.717, 1.165) is 28.0 Å². The van der Waals surface area contributed by atoms with Gasteiger partial charge < -0.3 is 10.6 Å². The zero-order valence-electron chi connectivity index (χ0n) is 14.9. The highest BCUT2D eigenvalue weighted by Gasteiger charge is 2.09. The first kappa shape index (κ1) is 18.3. The summed E-state index contributed by atoms with van der Waals surface area (Å²) in [5, 5.41) is 6.76. The Morgan fingerprint density at radius 1 is 1.12 bits per heavy atom. The van der Waals surface area contributed by atoms with Crippen LogP contribution in [0.25, 0.3) is 11.3 Å². The van der Waals surface area contributed by atoms with Gasteiger partial charge in [-0.05, 0) is 43.2 Å². The molecular formula is C20H22BrN5. The van der Waals surface area contributed by atoms with Crippen molar-refractivity contribution in [3.05, 3.63) is 64.9 Å². The maximum absolute atomic E-state index is 4.65. The van der Waals surface area contributed by atoms with Crippen molar-refractivity contribution >= 4 is 27.7 Å². The zero-order chi connectivity index (χ0) is 18.4. The quantitative estimate of drug-likeness (QED) is 0.564. The van der Waals surface area contributed by atoms with E-state index < -0.39 is 0 Å². The second-order valence-electron chi connectivity index (χ2n) is 6.14. The largest absolute Gasteiger partial charge is 0.366 e. The van der Waals surface area contributed by atoms with Crippen LogP contribution in [0.3, 0.4) is 0 Å². The standard InChI is InChI=1S/C20H22BrN5/c1-3-14(2)24-20-25-18(16-7-5-9-22-13-16)11-19(26-20)23-12-15-6-4-8-17(21)10-15/h4-11,13-14H,3,12H2,1-2H3,(H2,23,24,25,26)/t14-/m1/s1. The third-order valence-electron chi connectivity index (χ3n) is 4.03. The molecule has 5 nitrogen and oxygen atoms in total. The molecule has 0 fully saturated rings. The monoisotopic (exact) mass is 411 g/mol. The van der Waals surface area contributed by atoms with Gasteiger partial charge in [0.1, 0.15) is 5.82 Å². The molecule has 2 heterocycles. The van der Waals surface area contributed by atoms with Gasteiger partial charge in [-0.15, -0.1) is 0 Å². The average molecular weight is 412 g/mol. The van der Waals surface area contributed by atoms with Crippen molar-refractivity contribution < 1.29 is 0 Å². The van der Waals surface area contributed by atoms with Crippen LogP contribution < -0.4 is 10.6 Å². The topological polar surface area (TPSA) is 62.7 Å². The number of pyridine rings is 1. The number of hydrogen-bond donors (Lipinski definition) is 2. The summed E-state index contributed by atoms with van der Waals surface area (Å²) in [4.78, 5) is 13.5. The summed E-state index contributed by atoms with van der Waals surface area (Å²) in [7, 11) is 0. The van der Waals surface area contributed by atoms with E-state index in [1.807, 2.05) is 36.5 Å². The molecule has 2 aromatic heterocycles. The Kier molecular flexibility index (Phi) is 6.17. The SMILES string of the molecule is CC[C@@H](C)Nc1nc(NCc2cccc(Br)c2)cc(-c2cccnc2)n1. The molecule has 0 aliphatic rings. The first-order valence-corrected chi connectivity index (χ1v) is 9.47. The van der Waals surface area contributed by atoms with Crippen molar-refractivity contribution in [3.63, 3.8) is 0 Å². The predicted octanol–water partition coefficient (Wildman–Crippen LogP) is 5.12. The summed E-state index contributed by atoms with van der Waals surface area (Å²) in [6.07, 6.45) is 4.57. The van der Waals surface area contributed by atoms with Crippen LogP contribution in [-0.2, 0) is 6.54 Å². The van der Waals surface area contributed by atoms with Gasteiger partial charge in [-0.2, -0.15) is 4.98 Å². The lowest BCUT2D eigenvalue weighted by molar-refractivity contribution is 0.753. The fourth-order valence-electron chi connectivity index (χ4n) is 2.43. The molecule has 26 heavy (non-hydrogen) atoms. The normalized spacial score (nSPS) is 11.8. The van der Waals surface area contributed by atoms with Crippen LogP contribution in [0.4, 0.5) is 11.8 Å². The highest BCUT2D eigenvalue weighted by atomic mass is 79.9. The van der Waals surface area contributed by atoms with Gasteiger partial charge in [0, 0.05) is 41.1 Å². The Morgan fingerprint density at radius 2 is 2.00 bits per heavy atom. The minimum Gasteiger partial charge on any atom is -0.366 e. The van der Waals surface area contributed by atoms with Crippen molar-refractivity contribution in [3.8, 4) is 11.3 Å². The second kappa shape index (κ2) is 8.76. The molecule has 2 N–H and O–H groups in total. The predicted molar refractivity (Wildman–Crippen MR) is 110 cm³/mol. The van der Waals surface area contributed by atoms with Crippen molar-refractivity contribution in [2.45, 2.75) is 32.9 Å². The summed E-state index contributed by atoms with van der Waals surface area (Å²) < 4.78 is 1.06. The van der Waals surface area contributed by atoms with Crippen molar-refractivity contribution in [2.24, 2.45) is 0 Å². The van der Waals surface area contributed by atoms with E-state index >= 15 is 0 Å². The summed E-state index contributed by atoms with van der Waals surface area (Å²) >= 11 is 3.51. The number of hydrogen-bond acceptors (Lipinski definition) is 5. The van der Waals surface area contributed by atoms with Gasteiger partial charge >= 0.3 is 0 Å². The third-order valence-corrected chi connectivity index (χ3v) is 4.53. The van der Waals surface area contributed by atoms with Crippen LogP contribution in [0, 0.1) is 0 Å². The van der Waals surface area contributed by atoms with Gasteiger partial charge in [0.05, 0.1) is 5.69 Å². The van der Waals surface area contributed by atoms with E-state index in [1.54, 1.807) is 6.20 Å². The van der Waals surface area contributed by atoms with Crippen LogP contribution in [0.5, 0.6) is 0 Å². The lowest BCUT2D eigenvalue weighted by Crippen LogP contribution is -2.16. The maximum atomic E-state index is 4.65. The Bertz CT molecular complexity index is 854. The summed E-state index contributed by atoms with van der Waals surface area (Å²) in [5.41, 5.74) is 2.99. The lowest BCUT2D eigenvalue weighted by atomic mass is 10.2. The molecule has 1 atom stereocenters. The van der Waals surface area contributed by atoms with Gasteiger partial charge in [0.2, 0.25) is 5.95 Å². The number of nitrogens with zero attached hydrogens (tertiary/aromatic N) is 3. The molecule has 0 aliphatic carbocycles. The van der Waals surface area contributed by atoms with E-state index in [9.17, 15) is 0 Å². The molecule has 0 amide bonds. The highest BCUT2D eigenvalue weighted by molar-refractivity contribution is 9.10. The Hall–Kier alpha value is -2.47. The van der Waals surface area contributed by atoms with Crippen molar-refractivity contribution in [1.82, 2.24) is 15.0 Å². The molecule has 0 radical (unpaired) electrons. The Morgan fingerprint density at radius 3 is 2.73 bits per heavy atom.